The van der Waals surface area contributed by atoms with Crippen LogP contribution in [-0.4, -0.2) is 22.6 Å². The number of nitrogens with zero attached hydrogens (tertiary/aromatic N) is 2. The van der Waals surface area contributed by atoms with Crippen molar-refractivity contribution in [3.8, 4) is 0 Å². The number of hydrogen-bond donors (Lipinski definition) is 2. The summed E-state index contributed by atoms with van der Waals surface area (Å²) in [4.78, 5) is 17.5. The number of anilines is 1. The van der Waals surface area contributed by atoms with Crippen LogP contribution in [0.25, 0.3) is 11.1 Å². The molecule has 1 amide bonds. The van der Waals surface area contributed by atoms with E-state index < -0.39 is 0 Å². The number of nitrogens with two attached hydrogens (primary N) is 1. The number of pyridine rings is 1. The van der Waals surface area contributed by atoms with Gasteiger partial charge >= 0.3 is 0 Å². The van der Waals surface area contributed by atoms with Gasteiger partial charge in [0.05, 0.1) is 16.6 Å². The van der Waals surface area contributed by atoms with Gasteiger partial charge in [0.15, 0.2) is 0 Å². The third-order valence-corrected chi connectivity index (χ3v) is 4.96. The summed E-state index contributed by atoms with van der Waals surface area (Å²) in [7, 11) is 0. The zero-order valence-electron chi connectivity index (χ0n) is 15.7. The summed E-state index contributed by atoms with van der Waals surface area (Å²) in [5.41, 5.74) is 10.4. The van der Waals surface area contributed by atoms with Gasteiger partial charge in [0.1, 0.15) is 0 Å². The maximum atomic E-state index is 12.9. The fourth-order valence-electron chi connectivity index (χ4n) is 3.25. The van der Waals surface area contributed by atoms with Crippen molar-refractivity contribution in [3.05, 3.63) is 52.8 Å². The topological polar surface area (TPSA) is 94.0 Å². The van der Waals surface area contributed by atoms with E-state index in [1.165, 1.54) is 0 Å². The van der Waals surface area contributed by atoms with E-state index >= 15 is 0 Å². The fraction of sp³-hybridized carbons (Fsp3) is 0.381. The van der Waals surface area contributed by atoms with E-state index in [0.29, 0.717) is 23.7 Å². The number of rotatable bonds is 6. The molecule has 27 heavy (non-hydrogen) atoms. The molecule has 3 aromatic rings. The lowest BCUT2D eigenvalue weighted by Gasteiger charge is -2.09. The molecule has 0 aliphatic heterocycles. The second-order valence-corrected chi connectivity index (χ2v) is 7.52. The molecule has 0 atom stereocenters. The third kappa shape index (κ3) is 3.65. The zero-order valence-corrected chi connectivity index (χ0v) is 15.7. The molecule has 0 saturated heterocycles. The highest BCUT2D eigenvalue weighted by Crippen LogP contribution is 2.41. The summed E-state index contributed by atoms with van der Waals surface area (Å²) in [6.07, 6.45) is 2.97. The van der Waals surface area contributed by atoms with Crippen LogP contribution in [0, 0.1) is 0 Å². The Hall–Kier alpha value is -2.89. The molecule has 2 aromatic heterocycles. The molecule has 2 heterocycles. The van der Waals surface area contributed by atoms with Gasteiger partial charge in [-0.2, -0.15) is 0 Å². The third-order valence-electron chi connectivity index (χ3n) is 4.96. The first-order valence-electron chi connectivity index (χ1n) is 9.45. The van der Waals surface area contributed by atoms with Gasteiger partial charge in [-0.3, -0.25) is 4.79 Å². The molecule has 140 valence electrons. The lowest BCUT2D eigenvalue weighted by atomic mass is 10.0. The lowest BCUT2D eigenvalue weighted by Crippen LogP contribution is -2.26. The number of carbonyl (C=O) groups excluding carboxylic acids is 1. The number of nitrogens with one attached hydrogen (secondary N) is 1. The van der Waals surface area contributed by atoms with Crippen LogP contribution in [0.3, 0.4) is 0 Å². The number of amides is 1. The first-order chi connectivity index (χ1) is 13.0. The van der Waals surface area contributed by atoms with Crippen molar-refractivity contribution in [2.75, 3.05) is 12.3 Å². The van der Waals surface area contributed by atoms with Crippen molar-refractivity contribution in [2.24, 2.45) is 0 Å². The standard InChI is InChI=1S/C21H24N4O2/c1-12(2)19-18-16(11-17(14-5-6-14)24-21(18)27-25-19)20(26)23-10-9-13-3-7-15(22)8-4-13/h3-4,7-8,11-12,14H,5-6,9-10,22H2,1-2H3,(H,23,26). The molecule has 3 N–H and O–H groups in total. The average Bonchev–Trinajstić information content (AvgIpc) is 3.41. The van der Waals surface area contributed by atoms with Crippen LogP contribution in [0.15, 0.2) is 34.9 Å². The highest BCUT2D eigenvalue weighted by Gasteiger charge is 2.29. The molecular weight excluding hydrogens is 340 g/mol. The van der Waals surface area contributed by atoms with Crippen LogP contribution < -0.4 is 11.1 Å². The van der Waals surface area contributed by atoms with Gasteiger partial charge in [0.25, 0.3) is 11.6 Å². The minimum absolute atomic E-state index is 0.107. The van der Waals surface area contributed by atoms with Gasteiger partial charge in [-0.05, 0) is 48.9 Å². The Morgan fingerprint density at radius 1 is 1.30 bits per heavy atom. The van der Waals surface area contributed by atoms with Gasteiger partial charge in [-0.1, -0.05) is 31.1 Å². The predicted molar refractivity (Wildman–Crippen MR) is 105 cm³/mol. The Kier molecular flexibility index (Phi) is 4.56. The summed E-state index contributed by atoms with van der Waals surface area (Å²) < 4.78 is 5.45. The molecule has 0 bridgehead atoms. The normalized spacial score (nSPS) is 14.0. The zero-order chi connectivity index (χ0) is 19.0. The molecule has 6 nitrogen and oxygen atoms in total. The van der Waals surface area contributed by atoms with Crippen LogP contribution in [0.2, 0.25) is 0 Å². The van der Waals surface area contributed by atoms with Gasteiger partial charge in [-0.15, -0.1) is 0 Å². The fourth-order valence-corrected chi connectivity index (χ4v) is 3.25. The molecule has 1 saturated carbocycles. The Morgan fingerprint density at radius 3 is 2.70 bits per heavy atom. The monoisotopic (exact) mass is 364 g/mol. The summed E-state index contributed by atoms with van der Waals surface area (Å²) in [5, 5.41) is 7.93. The minimum atomic E-state index is -0.107. The van der Waals surface area contributed by atoms with E-state index in [4.69, 9.17) is 10.3 Å². The molecule has 6 heteroatoms. The number of carbonyl (C=O) groups is 1. The van der Waals surface area contributed by atoms with Gasteiger partial charge in [0, 0.05) is 23.8 Å². The van der Waals surface area contributed by atoms with Crippen LogP contribution in [0.1, 0.15) is 65.8 Å². The summed E-state index contributed by atoms with van der Waals surface area (Å²) in [6, 6.07) is 9.62. The van der Waals surface area contributed by atoms with Crippen molar-refractivity contribution in [1.82, 2.24) is 15.5 Å². The van der Waals surface area contributed by atoms with Crippen molar-refractivity contribution < 1.29 is 9.32 Å². The first-order valence-corrected chi connectivity index (χ1v) is 9.45. The molecule has 0 unspecified atom stereocenters. The Labute approximate surface area is 158 Å². The van der Waals surface area contributed by atoms with E-state index in [0.717, 1.165) is 47.3 Å². The molecular formula is C21H24N4O2. The largest absolute Gasteiger partial charge is 0.399 e. The van der Waals surface area contributed by atoms with E-state index in [2.05, 4.69) is 15.5 Å². The maximum absolute atomic E-state index is 12.9. The van der Waals surface area contributed by atoms with Crippen molar-refractivity contribution in [3.63, 3.8) is 0 Å². The molecule has 1 aromatic carbocycles. The molecule has 1 fully saturated rings. The van der Waals surface area contributed by atoms with Crippen LogP contribution in [-0.2, 0) is 6.42 Å². The number of benzene rings is 1. The molecule has 1 aliphatic carbocycles. The second kappa shape index (κ2) is 7.02. The summed E-state index contributed by atoms with van der Waals surface area (Å²) in [5.74, 6) is 0.481. The number of nitrogen functional groups attached to an aromatic ring is 1. The predicted octanol–water partition coefficient (Wildman–Crippen LogP) is 3.78. The maximum Gasteiger partial charge on any atom is 0.259 e. The average molecular weight is 364 g/mol. The highest BCUT2D eigenvalue weighted by molar-refractivity contribution is 6.06. The van der Waals surface area contributed by atoms with E-state index in [1.807, 2.05) is 44.2 Å². The van der Waals surface area contributed by atoms with Crippen LogP contribution in [0.4, 0.5) is 5.69 Å². The van der Waals surface area contributed by atoms with E-state index in [-0.39, 0.29) is 11.8 Å². The van der Waals surface area contributed by atoms with E-state index in [9.17, 15) is 4.79 Å². The lowest BCUT2D eigenvalue weighted by molar-refractivity contribution is 0.0955. The molecule has 0 radical (unpaired) electrons. The van der Waals surface area contributed by atoms with Crippen molar-refractivity contribution in [2.45, 2.75) is 44.9 Å². The van der Waals surface area contributed by atoms with Gasteiger partial charge in [-0.25, -0.2) is 4.98 Å². The second-order valence-electron chi connectivity index (χ2n) is 7.52. The minimum Gasteiger partial charge on any atom is -0.399 e. The van der Waals surface area contributed by atoms with Crippen LogP contribution in [0.5, 0.6) is 0 Å². The Bertz CT molecular complexity index is 972. The molecule has 4 rings (SSSR count). The molecule has 0 spiro atoms. The summed E-state index contributed by atoms with van der Waals surface area (Å²) >= 11 is 0. The Morgan fingerprint density at radius 2 is 2.04 bits per heavy atom. The quantitative estimate of drug-likeness (QED) is 0.649. The Balaban J connectivity index is 1.57. The van der Waals surface area contributed by atoms with Crippen molar-refractivity contribution >= 4 is 22.7 Å². The SMILES string of the molecule is CC(C)c1noc2nc(C3CC3)cc(C(=O)NCCc3ccc(N)cc3)c12. The summed E-state index contributed by atoms with van der Waals surface area (Å²) in [6.45, 7) is 4.62. The molecule has 1 aliphatic rings. The van der Waals surface area contributed by atoms with Gasteiger partial charge in [0.2, 0.25) is 0 Å². The van der Waals surface area contributed by atoms with Gasteiger partial charge < -0.3 is 15.6 Å². The number of fused-ring (bicyclic) bond motifs is 1. The number of hydrogen-bond acceptors (Lipinski definition) is 5. The van der Waals surface area contributed by atoms with E-state index in [1.54, 1.807) is 0 Å². The highest BCUT2D eigenvalue weighted by atomic mass is 16.5. The van der Waals surface area contributed by atoms with Crippen LogP contribution >= 0.6 is 0 Å². The first kappa shape index (κ1) is 17.5. The smallest absolute Gasteiger partial charge is 0.259 e. The number of aromatic nitrogens is 2. The van der Waals surface area contributed by atoms with Crippen molar-refractivity contribution in [1.29, 1.82) is 0 Å².